The molecule has 1 atom stereocenters. The predicted octanol–water partition coefficient (Wildman–Crippen LogP) is 3.51. The average Bonchev–Trinajstić information content (AvgIpc) is 2.04. The fourth-order valence-electron chi connectivity index (χ4n) is 1.12. The number of hydrogen-bond acceptors (Lipinski definition) is 1. The molecule has 0 aliphatic carbocycles. The van der Waals surface area contributed by atoms with Crippen LogP contribution < -0.4 is 0 Å². The smallest absolute Gasteiger partial charge is 0.142 e. The van der Waals surface area contributed by atoms with Crippen molar-refractivity contribution in [3.05, 3.63) is 23.3 Å². The molecule has 0 amide bonds. The second-order valence-electron chi connectivity index (χ2n) is 3.81. The van der Waals surface area contributed by atoms with Crippen molar-refractivity contribution in [3.8, 4) is 0 Å². The standard InChI is InChI=1S/C12H20O/c1-10(2)6-5-7-11(3)12(4)8-9-13/h6,8-9,11H,5,7H2,1-4H3/b12-8+/t11-/m1/s1. The van der Waals surface area contributed by atoms with Crippen LogP contribution in [0.3, 0.4) is 0 Å². The summed E-state index contributed by atoms with van der Waals surface area (Å²) in [4.78, 5) is 10.2. The van der Waals surface area contributed by atoms with Crippen molar-refractivity contribution in [1.82, 2.24) is 0 Å². The fourth-order valence-corrected chi connectivity index (χ4v) is 1.12. The number of carbonyl (C=O) groups is 1. The minimum Gasteiger partial charge on any atom is -0.299 e. The third kappa shape index (κ3) is 6.32. The van der Waals surface area contributed by atoms with Gasteiger partial charge in [-0.2, -0.15) is 0 Å². The molecule has 13 heavy (non-hydrogen) atoms. The van der Waals surface area contributed by atoms with Crippen LogP contribution in [-0.2, 0) is 4.79 Å². The van der Waals surface area contributed by atoms with Crippen LogP contribution in [0.4, 0.5) is 0 Å². The molecule has 0 aromatic heterocycles. The molecule has 1 heteroatoms. The summed E-state index contributed by atoms with van der Waals surface area (Å²) in [5.41, 5.74) is 2.54. The summed E-state index contributed by atoms with van der Waals surface area (Å²) in [6.45, 7) is 8.40. The minimum atomic E-state index is 0.515. The van der Waals surface area contributed by atoms with E-state index in [9.17, 15) is 4.79 Å². The maximum absolute atomic E-state index is 10.2. The quantitative estimate of drug-likeness (QED) is 0.359. The summed E-state index contributed by atoms with van der Waals surface area (Å²) in [6, 6.07) is 0. The molecule has 0 saturated heterocycles. The number of allylic oxidation sites excluding steroid dienone is 4. The van der Waals surface area contributed by atoms with Gasteiger partial charge in [0.2, 0.25) is 0 Å². The van der Waals surface area contributed by atoms with Gasteiger partial charge in [0.15, 0.2) is 0 Å². The first-order valence-electron chi connectivity index (χ1n) is 4.83. The van der Waals surface area contributed by atoms with Crippen molar-refractivity contribution in [2.45, 2.75) is 40.5 Å². The molecule has 0 aliphatic heterocycles. The normalized spacial score (nSPS) is 13.7. The molecule has 0 heterocycles. The van der Waals surface area contributed by atoms with E-state index in [-0.39, 0.29) is 0 Å². The molecule has 0 fully saturated rings. The molecule has 0 bridgehead atoms. The number of hydrogen-bond donors (Lipinski definition) is 0. The lowest BCUT2D eigenvalue weighted by atomic mass is 9.97. The topological polar surface area (TPSA) is 17.1 Å². The highest BCUT2D eigenvalue weighted by Gasteiger charge is 2.01. The summed E-state index contributed by atoms with van der Waals surface area (Å²) in [7, 11) is 0. The van der Waals surface area contributed by atoms with Crippen LogP contribution in [-0.4, -0.2) is 6.29 Å². The lowest BCUT2D eigenvalue weighted by molar-refractivity contribution is -0.104. The van der Waals surface area contributed by atoms with E-state index >= 15 is 0 Å². The van der Waals surface area contributed by atoms with E-state index in [2.05, 4.69) is 26.8 Å². The Morgan fingerprint density at radius 3 is 2.38 bits per heavy atom. The van der Waals surface area contributed by atoms with E-state index in [4.69, 9.17) is 0 Å². The second-order valence-corrected chi connectivity index (χ2v) is 3.81. The van der Waals surface area contributed by atoms with Crippen molar-refractivity contribution in [1.29, 1.82) is 0 Å². The Labute approximate surface area is 81.5 Å². The van der Waals surface area contributed by atoms with Crippen molar-refractivity contribution in [2.75, 3.05) is 0 Å². The van der Waals surface area contributed by atoms with Crippen LogP contribution in [0.2, 0.25) is 0 Å². The van der Waals surface area contributed by atoms with Crippen LogP contribution in [0.5, 0.6) is 0 Å². The van der Waals surface area contributed by atoms with E-state index in [0.29, 0.717) is 5.92 Å². The van der Waals surface area contributed by atoms with E-state index in [1.165, 1.54) is 11.1 Å². The van der Waals surface area contributed by atoms with Gasteiger partial charge < -0.3 is 0 Å². The maximum atomic E-state index is 10.2. The molecule has 0 rings (SSSR count). The summed E-state index contributed by atoms with van der Waals surface area (Å²) < 4.78 is 0. The molecule has 0 aromatic carbocycles. The van der Waals surface area contributed by atoms with Gasteiger partial charge >= 0.3 is 0 Å². The largest absolute Gasteiger partial charge is 0.299 e. The molecule has 0 spiro atoms. The molecular weight excluding hydrogens is 160 g/mol. The van der Waals surface area contributed by atoms with Crippen LogP contribution in [0.25, 0.3) is 0 Å². The van der Waals surface area contributed by atoms with Crippen molar-refractivity contribution >= 4 is 6.29 Å². The van der Waals surface area contributed by atoms with Crippen LogP contribution in [0, 0.1) is 5.92 Å². The third-order valence-corrected chi connectivity index (χ3v) is 2.26. The summed E-state index contributed by atoms with van der Waals surface area (Å²) in [6.07, 6.45) is 7.00. The van der Waals surface area contributed by atoms with Crippen LogP contribution in [0.1, 0.15) is 40.5 Å². The molecule has 0 aliphatic rings. The van der Waals surface area contributed by atoms with Crippen molar-refractivity contribution in [2.24, 2.45) is 5.92 Å². The molecular formula is C12H20O. The second kappa shape index (κ2) is 6.64. The van der Waals surface area contributed by atoms with Crippen molar-refractivity contribution < 1.29 is 4.79 Å². The zero-order valence-corrected chi connectivity index (χ0v) is 9.13. The molecule has 0 aromatic rings. The monoisotopic (exact) mass is 180 g/mol. The maximum Gasteiger partial charge on any atom is 0.142 e. The van der Waals surface area contributed by atoms with E-state index in [1.807, 2.05) is 6.92 Å². The Morgan fingerprint density at radius 2 is 1.92 bits per heavy atom. The van der Waals surface area contributed by atoms with Gasteiger partial charge in [-0.25, -0.2) is 0 Å². The highest BCUT2D eigenvalue weighted by atomic mass is 16.1. The first kappa shape index (κ1) is 12.2. The SMILES string of the molecule is CC(C)=CCC[C@@H](C)/C(C)=C/C=O. The molecule has 0 N–H and O–H groups in total. The molecule has 1 nitrogen and oxygen atoms in total. The number of aldehydes is 1. The highest BCUT2D eigenvalue weighted by Crippen LogP contribution is 2.16. The minimum absolute atomic E-state index is 0.515. The molecule has 0 unspecified atom stereocenters. The highest BCUT2D eigenvalue weighted by molar-refractivity contribution is 5.66. The molecule has 74 valence electrons. The lowest BCUT2D eigenvalue weighted by Gasteiger charge is -2.09. The Hall–Kier alpha value is -0.850. The van der Waals surface area contributed by atoms with E-state index in [1.54, 1.807) is 6.08 Å². The number of rotatable bonds is 5. The van der Waals surface area contributed by atoms with Gasteiger partial charge in [0, 0.05) is 0 Å². The van der Waals surface area contributed by atoms with Gasteiger partial charge in [-0.15, -0.1) is 0 Å². The third-order valence-electron chi connectivity index (χ3n) is 2.26. The van der Waals surface area contributed by atoms with Gasteiger partial charge in [-0.3, -0.25) is 4.79 Å². The Kier molecular flexibility index (Phi) is 6.21. The van der Waals surface area contributed by atoms with Crippen LogP contribution in [0.15, 0.2) is 23.3 Å². The zero-order valence-electron chi connectivity index (χ0n) is 9.13. The van der Waals surface area contributed by atoms with Crippen molar-refractivity contribution in [3.63, 3.8) is 0 Å². The predicted molar refractivity (Wildman–Crippen MR) is 57.7 cm³/mol. The zero-order chi connectivity index (χ0) is 10.3. The van der Waals surface area contributed by atoms with Gasteiger partial charge in [0.1, 0.15) is 6.29 Å². The summed E-state index contributed by atoms with van der Waals surface area (Å²) in [5.74, 6) is 0.515. The fraction of sp³-hybridized carbons (Fsp3) is 0.583. The Morgan fingerprint density at radius 1 is 1.31 bits per heavy atom. The summed E-state index contributed by atoms with van der Waals surface area (Å²) in [5, 5.41) is 0. The Bertz CT molecular complexity index is 207. The van der Waals surface area contributed by atoms with E-state index in [0.717, 1.165) is 19.1 Å². The van der Waals surface area contributed by atoms with Crippen LogP contribution >= 0.6 is 0 Å². The van der Waals surface area contributed by atoms with E-state index < -0.39 is 0 Å². The average molecular weight is 180 g/mol. The molecule has 0 saturated carbocycles. The summed E-state index contributed by atoms with van der Waals surface area (Å²) >= 11 is 0. The van der Waals surface area contributed by atoms with Gasteiger partial charge in [0.25, 0.3) is 0 Å². The number of carbonyl (C=O) groups excluding carboxylic acids is 1. The van der Waals surface area contributed by atoms with Gasteiger partial charge in [-0.1, -0.05) is 24.1 Å². The first-order valence-corrected chi connectivity index (χ1v) is 4.83. The lowest BCUT2D eigenvalue weighted by Crippen LogP contribution is -1.95. The molecule has 0 radical (unpaired) electrons. The van der Waals surface area contributed by atoms with Gasteiger partial charge in [-0.05, 0) is 45.6 Å². The first-order chi connectivity index (χ1) is 6.07. The Balaban J connectivity index is 3.87. The van der Waals surface area contributed by atoms with Gasteiger partial charge in [0.05, 0.1) is 0 Å².